The summed E-state index contributed by atoms with van der Waals surface area (Å²) in [5.41, 5.74) is 4.84. The highest BCUT2D eigenvalue weighted by Crippen LogP contribution is 2.37. The summed E-state index contributed by atoms with van der Waals surface area (Å²) in [5.74, 6) is -1.19. The minimum Gasteiger partial charge on any atom is -0.454 e. The number of piperidine rings is 1. The Balaban J connectivity index is 1.30. The lowest BCUT2D eigenvalue weighted by Gasteiger charge is -2.26. The molecule has 8 heteroatoms. The summed E-state index contributed by atoms with van der Waals surface area (Å²) in [5, 5.41) is 0.0641. The molecule has 1 fully saturated rings. The van der Waals surface area contributed by atoms with Crippen molar-refractivity contribution in [3.8, 4) is 11.1 Å². The minimum absolute atomic E-state index is 0.0145. The Morgan fingerprint density at radius 1 is 0.886 bits per heavy atom. The van der Waals surface area contributed by atoms with Crippen LogP contribution in [0, 0.1) is 0 Å². The molecule has 5 rings (SSSR count). The van der Waals surface area contributed by atoms with Crippen LogP contribution in [0.5, 0.6) is 0 Å². The average Bonchev–Trinajstić information content (AvgIpc) is 3.25. The Hall–Kier alpha value is -3.00. The minimum atomic E-state index is -3.74. The summed E-state index contributed by atoms with van der Waals surface area (Å²) >= 11 is 6.18. The number of halogens is 1. The molecular weight excluding hydrogens is 486 g/mol. The van der Waals surface area contributed by atoms with E-state index in [-0.39, 0.29) is 21.3 Å². The van der Waals surface area contributed by atoms with E-state index in [1.807, 2.05) is 30.3 Å². The third kappa shape index (κ3) is 4.63. The molecule has 1 aliphatic carbocycles. The van der Waals surface area contributed by atoms with Crippen LogP contribution < -0.4 is 0 Å². The lowest BCUT2D eigenvalue weighted by atomic mass is 10.0. The number of sulfonamides is 1. The van der Waals surface area contributed by atoms with E-state index in [1.165, 1.54) is 28.1 Å². The normalized spacial score (nSPS) is 15.3. The van der Waals surface area contributed by atoms with Crippen LogP contribution >= 0.6 is 11.6 Å². The number of hydrogen-bond donors (Lipinski definition) is 0. The smallest absolute Gasteiger partial charge is 0.340 e. The van der Waals surface area contributed by atoms with E-state index >= 15 is 0 Å². The van der Waals surface area contributed by atoms with Crippen LogP contribution in [0.4, 0.5) is 0 Å². The quantitative estimate of drug-likeness (QED) is 0.266. The SMILES string of the molecule is O=C(COC(=O)c1cc(S(=O)(=O)N2CCCCC2)ccc1Cl)c1ccc2c(c1)-c1ccccc1C2. The second-order valence-electron chi connectivity index (χ2n) is 8.81. The molecule has 0 bridgehead atoms. The van der Waals surface area contributed by atoms with Gasteiger partial charge in [0, 0.05) is 18.7 Å². The van der Waals surface area contributed by atoms with Crippen LogP contribution in [-0.2, 0) is 21.2 Å². The van der Waals surface area contributed by atoms with E-state index in [1.54, 1.807) is 6.07 Å². The molecule has 1 saturated heterocycles. The van der Waals surface area contributed by atoms with Crippen molar-refractivity contribution in [2.45, 2.75) is 30.6 Å². The average molecular weight is 510 g/mol. The molecule has 0 radical (unpaired) electrons. The van der Waals surface area contributed by atoms with Crippen LogP contribution in [-0.4, -0.2) is 44.2 Å². The van der Waals surface area contributed by atoms with Crippen molar-refractivity contribution >= 4 is 33.4 Å². The largest absolute Gasteiger partial charge is 0.454 e. The Morgan fingerprint density at radius 3 is 2.43 bits per heavy atom. The number of Topliss-reactive ketones (excluding diaryl/α,β-unsaturated/α-hetero) is 1. The van der Waals surface area contributed by atoms with Crippen molar-refractivity contribution in [1.29, 1.82) is 0 Å². The number of hydrogen-bond acceptors (Lipinski definition) is 5. The fourth-order valence-electron chi connectivity index (χ4n) is 4.66. The summed E-state index contributed by atoms with van der Waals surface area (Å²) in [6.45, 7) is 0.424. The predicted octanol–water partition coefficient (Wildman–Crippen LogP) is 5.13. The highest BCUT2D eigenvalue weighted by atomic mass is 35.5. The molecule has 0 N–H and O–H groups in total. The summed E-state index contributed by atoms with van der Waals surface area (Å²) < 4.78 is 32.6. The number of ketones is 1. The second-order valence-corrected chi connectivity index (χ2v) is 11.2. The molecule has 0 amide bonds. The Kier molecular flexibility index (Phi) is 6.49. The number of carbonyl (C=O) groups excluding carboxylic acids is 2. The number of nitrogens with zero attached hydrogens (tertiary/aromatic N) is 1. The monoisotopic (exact) mass is 509 g/mol. The summed E-state index contributed by atoms with van der Waals surface area (Å²) in [4.78, 5) is 25.5. The van der Waals surface area contributed by atoms with Gasteiger partial charge in [0.15, 0.2) is 12.4 Å². The zero-order valence-electron chi connectivity index (χ0n) is 19.0. The Bertz CT molecular complexity index is 1430. The summed E-state index contributed by atoms with van der Waals surface area (Å²) in [6, 6.07) is 17.5. The maximum atomic E-state index is 13.0. The van der Waals surface area contributed by atoms with Gasteiger partial charge in [-0.1, -0.05) is 54.4 Å². The maximum Gasteiger partial charge on any atom is 0.340 e. The van der Waals surface area contributed by atoms with Crippen molar-refractivity contribution in [2.75, 3.05) is 19.7 Å². The molecule has 1 heterocycles. The van der Waals surface area contributed by atoms with Crippen molar-refractivity contribution in [3.63, 3.8) is 0 Å². The van der Waals surface area contributed by atoms with Crippen molar-refractivity contribution in [2.24, 2.45) is 0 Å². The first-order chi connectivity index (χ1) is 16.8. The zero-order chi connectivity index (χ0) is 24.6. The van der Waals surface area contributed by atoms with Gasteiger partial charge in [0.05, 0.1) is 15.5 Å². The number of fused-ring (bicyclic) bond motifs is 3. The van der Waals surface area contributed by atoms with Crippen molar-refractivity contribution in [3.05, 3.63) is 87.9 Å². The first-order valence-electron chi connectivity index (χ1n) is 11.6. The van der Waals surface area contributed by atoms with Crippen molar-refractivity contribution in [1.82, 2.24) is 4.31 Å². The molecule has 0 aromatic heterocycles. The number of benzene rings is 3. The van der Waals surface area contributed by atoms with E-state index in [0.29, 0.717) is 18.7 Å². The molecule has 3 aromatic rings. The molecule has 1 aliphatic heterocycles. The van der Waals surface area contributed by atoms with Crippen LogP contribution in [0.3, 0.4) is 0 Å². The van der Waals surface area contributed by atoms with E-state index in [4.69, 9.17) is 16.3 Å². The molecule has 180 valence electrons. The lowest BCUT2D eigenvalue weighted by Crippen LogP contribution is -2.35. The van der Waals surface area contributed by atoms with Crippen molar-refractivity contribution < 1.29 is 22.7 Å². The van der Waals surface area contributed by atoms with Gasteiger partial charge in [-0.15, -0.1) is 0 Å². The third-order valence-electron chi connectivity index (χ3n) is 6.57. The molecule has 2 aliphatic rings. The lowest BCUT2D eigenvalue weighted by molar-refractivity contribution is 0.0474. The molecule has 0 spiro atoms. The Labute approximate surface area is 209 Å². The highest BCUT2D eigenvalue weighted by Gasteiger charge is 2.28. The fourth-order valence-corrected chi connectivity index (χ4v) is 6.40. The molecule has 0 unspecified atom stereocenters. The van der Waals surface area contributed by atoms with Gasteiger partial charge in [0.1, 0.15) is 0 Å². The molecule has 0 saturated carbocycles. The Morgan fingerprint density at radius 2 is 1.63 bits per heavy atom. The topological polar surface area (TPSA) is 80.8 Å². The fraction of sp³-hybridized carbons (Fsp3) is 0.259. The number of carbonyl (C=O) groups is 2. The van der Waals surface area contributed by atoms with E-state index in [0.717, 1.165) is 42.4 Å². The third-order valence-corrected chi connectivity index (χ3v) is 8.79. The van der Waals surface area contributed by atoms with E-state index < -0.39 is 22.6 Å². The molecular formula is C27H24ClNO5S. The predicted molar refractivity (Wildman–Crippen MR) is 133 cm³/mol. The van der Waals surface area contributed by atoms with Crippen LogP contribution in [0.2, 0.25) is 5.02 Å². The first kappa shape index (κ1) is 23.7. The van der Waals surface area contributed by atoms with E-state index in [9.17, 15) is 18.0 Å². The zero-order valence-corrected chi connectivity index (χ0v) is 20.6. The van der Waals surface area contributed by atoms with Crippen LogP contribution in [0.1, 0.15) is 51.1 Å². The van der Waals surface area contributed by atoms with Gasteiger partial charge in [-0.05, 0) is 65.8 Å². The van der Waals surface area contributed by atoms with Gasteiger partial charge >= 0.3 is 5.97 Å². The molecule has 3 aromatic carbocycles. The maximum absolute atomic E-state index is 13.0. The van der Waals surface area contributed by atoms with Gasteiger partial charge in [0.2, 0.25) is 10.0 Å². The first-order valence-corrected chi connectivity index (χ1v) is 13.4. The van der Waals surface area contributed by atoms with E-state index in [2.05, 4.69) is 6.07 Å². The highest BCUT2D eigenvalue weighted by molar-refractivity contribution is 7.89. The molecule has 6 nitrogen and oxygen atoms in total. The standard InChI is InChI=1S/C27H24ClNO5S/c28-25-11-10-21(35(32,33)29-12-4-1-5-13-29)16-24(25)27(31)34-17-26(30)20-9-8-19-14-18-6-2-3-7-22(18)23(19)15-20/h2-3,6-11,15-16H,1,4-5,12-14,17H2. The number of rotatable bonds is 6. The van der Waals surface area contributed by atoms with Gasteiger partial charge < -0.3 is 4.74 Å². The molecule has 35 heavy (non-hydrogen) atoms. The van der Waals surface area contributed by atoms with Gasteiger partial charge in [-0.2, -0.15) is 4.31 Å². The summed E-state index contributed by atoms with van der Waals surface area (Å²) in [6.07, 6.45) is 3.43. The number of esters is 1. The van der Waals surface area contributed by atoms with Gasteiger partial charge in [-0.25, -0.2) is 13.2 Å². The van der Waals surface area contributed by atoms with Crippen LogP contribution in [0.15, 0.2) is 65.6 Å². The number of ether oxygens (including phenoxy) is 1. The summed E-state index contributed by atoms with van der Waals surface area (Å²) in [7, 11) is -3.74. The van der Waals surface area contributed by atoms with Gasteiger partial charge in [-0.3, -0.25) is 4.79 Å². The van der Waals surface area contributed by atoms with Crippen LogP contribution in [0.25, 0.3) is 11.1 Å². The second kappa shape index (κ2) is 9.57. The van der Waals surface area contributed by atoms with Gasteiger partial charge in [0.25, 0.3) is 0 Å². The molecule has 0 atom stereocenters.